The summed E-state index contributed by atoms with van der Waals surface area (Å²) < 4.78 is 29.7. The van der Waals surface area contributed by atoms with Crippen LogP contribution in [0.25, 0.3) is 16.2 Å². The van der Waals surface area contributed by atoms with Crippen LogP contribution in [0.15, 0.2) is 65.1 Å². The van der Waals surface area contributed by atoms with Crippen LogP contribution in [0, 0.1) is 10.1 Å². The lowest BCUT2D eigenvalue weighted by atomic mass is 10.1. The third kappa shape index (κ3) is 3.44. The van der Waals surface area contributed by atoms with Gasteiger partial charge in [-0.2, -0.15) is 0 Å². The highest BCUT2D eigenvalue weighted by Gasteiger charge is 2.22. The van der Waals surface area contributed by atoms with E-state index in [2.05, 4.69) is 9.71 Å². The molecule has 0 amide bonds. The van der Waals surface area contributed by atoms with E-state index in [1.54, 1.807) is 18.2 Å². The van der Waals surface area contributed by atoms with Crippen LogP contribution in [0.2, 0.25) is 5.02 Å². The molecule has 0 unspecified atom stereocenters. The lowest BCUT2D eigenvalue weighted by molar-refractivity contribution is -0.385. The fraction of sp³-hybridized carbons (Fsp3) is 0. The first kappa shape index (κ1) is 18.4. The molecular weight excluding hydrogens is 424 g/mol. The Kier molecular flexibility index (Phi) is 4.53. The van der Waals surface area contributed by atoms with Crippen LogP contribution in [-0.4, -0.2) is 22.7 Å². The number of hydrogen-bond acceptors (Lipinski definition) is 6. The summed E-state index contributed by atoms with van der Waals surface area (Å²) in [5, 5.41) is 12.8. The lowest BCUT2D eigenvalue weighted by Gasteiger charge is -2.10. The zero-order valence-electron chi connectivity index (χ0n) is 13.9. The Labute approximate surface area is 168 Å². The maximum Gasteiger partial charge on any atom is 0.270 e. The van der Waals surface area contributed by atoms with Crippen LogP contribution in [0.5, 0.6) is 0 Å². The first-order valence-corrected chi connectivity index (χ1v) is 10.6. The van der Waals surface area contributed by atoms with Gasteiger partial charge in [0.25, 0.3) is 15.7 Å². The van der Waals surface area contributed by atoms with Gasteiger partial charge in [-0.15, -0.1) is 11.3 Å². The summed E-state index contributed by atoms with van der Waals surface area (Å²) in [4.78, 5) is 15.2. The molecule has 2 aromatic carbocycles. The van der Waals surface area contributed by atoms with Gasteiger partial charge in [0.2, 0.25) is 0 Å². The van der Waals surface area contributed by atoms with Crippen molar-refractivity contribution in [2.75, 3.05) is 4.72 Å². The van der Waals surface area contributed by atoms with Crippen molar-refractivity contribution in [3.8, 4) is 11.3 Å². The number of sulfonamides is 1. The number of nitro groups is 1. The highest BCUT2D eigenvalue weighted by Crippen LogP contribution is 2.29. The quantitative estimate of drug-likeness (QED) is 0.369. The summed E-state index contributed by atoms with van der Waals surface area (Å²) in [6.45, 7) is 0. The molecule has 2 aromatic heterocycles. The van der Waals surface area contributed by atoms with Crippen LogP contribution in [-0.2, 0) is 10.0 Å². The Bertz CT molecular complexity index is 1290. The molecule has 0 aliphatic rings. The summed E-state index contributed by atoms with van der Waals surface area (Å²) in [5.74, 6) is 0. The SMILES string of the molecule is O=[N+]([O-])c1ccc(Cl)c(S(=O)(=O)Nc2cccc(-c3cn4ccsc4n3)c2)c1. The molecule has 0 radical (unpaired) electrons. The van der Waals surface area contributed by atoms with E-state index in [1.807, 2.05) is 28.2 Å². The first-order valence-electron chi connectivity index (χ1n) is 7.83. The molecule has 2 heterocycles. The maximum atomic E-state index is 12.7. The Hall–Kier alpha value is -2.95. The topological polar surface area (TPSA) is 107 Å². The molecule has 8 nitrogen and oxygen atoms in total. The Morgan fingerprint density at radius 3 is 2.79 bits per heavy atom. The maximum absolute atomic E-state index is 12.7. The number of halogens is 1. The smallest absolute Gasteiger partial charge is 0.270 e. The molecule has 1 N–H and O–H groups in total. The van der Waals surface area contributed by atoms with Gasteiger partial charge >= 0.3 is 0 Å². The molecule has 0 saturated carbocycles. The van der Waals surface area contributed by atoms with Gasteiger partial charge < -0.3 is 0 Å². The van der Waals surface area contributed by atoms with E-state index >= 15 is 0 Å². The van der Waals surface area contributed by atoms with E-state index in [9.17, 15) is 18.5 Å². The molecule has 142 valence electrons. The van der Waals surface area contributed by atoms with Gasteiger partial charge in [-0.1, -0.05) is 23.7 Å². The van der Waals surface area contributed by atoms with Crippen molar-refractivity contribution >= 4 is 49.3 Å². The Balaban J connectivity index is 1.68. The van der Waals surface area contributed by atoms with Crippen LogP contribution >= 0.6 is 22.9 Å². The second-order valence-corrected chi connectivity index (χ2v) is 8.71. The molecule has 0 spiro atoms. The second-order valence-electron chi connectivity index (χ2n) is 5.78. The van der Waals surface area contributed by atoms with Crippen LogP contribution in [0.1, 0.15) is 0 Å². The third-order valence-corrected chi connectivity index (χ3v) is 6.55. The summed E-state index contributed by atoms with van der Waals surface area (Å²) >= 11 is 7.45. The molecule has 28 heavy (non-hydrogen) atoms. The second kappa shape index (κ2) is 6.89. The van der Waals surface area contributed by atoms with E-state index < -0.39 is 14.9 Å². The summed E-state index contributed by atoms with van der Waals surface area (Å²) in [6, 6.07) is 9.97. The number of fused-ring (bicyclic) bond motifs is 1. The number of non-ortho nitro benzene ring substituents is 1. The number of hydrogen-bond donors (Lipinski definition) is 1. The van der Waals surface area contributed by atoms with Gasteiger partial charge in [-0.25, -0.2) is 13.4 Å². The number of thiazole rings is 1. The van der Waals surface area contributed by atoms with E-state index in [4.69, 9.17) is 11.6 Å². The van der Waals surface area contributed by atoms with Gasteiger partial charge in [-0.05, 0) is 18.2 Å². The zero-order chi connectivity index (χ0) is 19.9. The number of nitrogens with zero attached hydrogens (tertiary/aromatic N) is 3. The minimum absolute atomic E-state index is 0.108. The normalized spacial score (nSPS) is 11.6. The highest BCUT2D eigenvalue weighted by atomic mass is 35.5. The van der Waals surface area contributed by atoms with Crippen LogP contribution < -0.4 is 4.72 Å². The van der Waals surface area contributed by atoms with E-state index in [-0.39, 0.29) is 21.3 Å². The van der Waals surface area contributed by atoms with Crippen molar-refractivity contribution in [3.63, 3.8) is 0 Å². The molecule has 4 rings (SSSR count). The fourth-order valence-corrected chi connectivity index (χ4v) is 4.90. The summed E-state index contributed by atoms with van der Waals surface area (Å²) in [5.41, 5.74) is 1.34. The van der Waals surface area contributed by atoms with E-state index in [1.165, 1.54) is 17.4 Å². The number of benzene rings is 2. The average molecular weight is 435 g/mol. The number of rotatable bonds is 5. The number of imidazole rings is 1. The lowest BCUT2D eigenvalue weighted by Crippen LogP contribution is -2.13. The number of aromatic nitrogens is 2. The Morgan fingerprint density at radius 1 is 1.21 bits per heavy atom. The van der Waals surface area contributed by atoms with E-state index in [0.29, 0.717) is 5.69 Å². The number of nitrogens with one attached hydrogen (secondary N) is 1. The van der Waals surface area contributed by atoms with Gasteiger partial charge in [-0.3, -0.25) is 19.2 Å². The van der Waals surface area contributed by atoms with Gasteiger partial charge in [0.1, 0.15) is 4.90 Å². The monoisotopic (exact) mass is 434 g/mol. The standard InChI is InChI=1S/C17H11ClN4O4S2/c18-14-5-4-13(22(23)24)9-16(14)28(25,26)20-12-3-1-2-11(8-12)15-10-21-6-7-27-17(21)19-15/h1-10,20H. The average Bonchev–Trinajstić information content (AvgIpc) is 3.23. The zero-order valence-corrected chi connectivity index (χ0v) is 16.3. The molecular formula is C17H11ClN4O4S2. The highest BCUT2D eigenvalue weighted by molar-refractivity contribution is 7.92. The van der Waals surface area contributed by atoms with Crippen molar-refractivity contribution < 1.29 is 13.3 Å². The molecule has 0 saturated heterocycles. The fourth-order valence-electron chi connectivity index (χ4n) is 2.63. The largest absolute Gasteiger partial charge is 0.297 e. The minimum Gasteiger partial charge on any atom is -0.297 e. The number of nitro benzene ring substituents is 1. The van der Waals surface area contributed by atoms with Crippen molar-refractivity contribution in [2.24, 2.45) is 0 Å². The van der Waals surface area contributed by atoms with Crippen molar-refractivity contribution in [1.29, 1.82) is 0 Å². The van der Waals surface area contributed by atoms with E-state index in [0.717, 1.165) is 22.7 Å². The molecule has 11 heteroatoms. The van der Waals surface area contributed by atoms with Crippen molar-refractivity contribution in [3.05, 3.63) is 75.4 Å². The summed E-state index contributed by atoms with van der Waals surface area (Å²) in [7, 11) is -4.12. The van der Waals surface area contributed by atoms with Crippen molar-refractivity contribution in [1.82, 2.24) is 9.38 Å². The minimum atomic E-state index is -4.12. The van der Waals surface area contributed by atoms with Gasteiger partial charge in [0.15, 0.2) is 4.96 Å². The first-order chi connectivity index (χ1) is 13.3. The molecule has 0 aliphatic heterocycles. The number of anilines is 1. The van der Waals surface area contributed by atoms with Crippen LogP contribution in [0.3, 0.4) is 0 Å². The van der Waals surface area contributed by atoms with Crippen LogP contribution in [0.4, 0.5) is 11.4 Å². The van der Waals surface area contributed by atoms with Gasteiger partial charge in [0, 0.05) is 41.2 Å². The molecule has 0 atom stereocenters. The summed E-state index contributed by atoms with van der Waals surface area (Å²) in [6.07, 6.45) is 3.73. The predicted molar refractivity (Wildman–Crippen MR) is 107 cm³/mol. The predicted octanol–water partition coefficient (Wildman–Crippen LogP) is 4.43. The third-order valence-electron chi connectivity index (χ3n) is 3.92. The molecule has 4 aromatic rings. The van der Waals surface area contributed by atoms with Crippen molar-refractivity contribution in [2.45, 2.75) is 4.90 Å². The molecule has 0 aliphatic carbocycles. The molecule has 0 fully saturated rings. The Morgan fingerprint density at radius 2 is 2.04 bits per heavy atom. The van der Waals surface area contributed by atoms with Gasteiger partial charge in [0.05, 0.1) is 15.6 Å². The molecule has 0 bridgehead atoms.